The zero-order chi connectivity index (χ0) is 29.7. The van der Waals surface area contributed by atoms with Gasteiger partial charge in [0.15, 0.2) is 0 Å². The maximum Gasteiger partial charge on any atom is 0.240 e. The predicted octanol–water partition coefficient (Wildman–Crippen LogP) is 4.58. The van der Waals surface area contributed by atoms with Crippen molar-refractivity contribution in [3.8, 4) is 16.9 Å². The molecule has 42 heavy (non-hydrogen) atoms. The number of sulfonamides is 1. The number of nitrogens with one attached hydrogen (secondary N) is 4. The highest BCUT2D eigenvalue weighted by atomic mass is 32.2. The summed E-state index contributed by atoms with van der Waals surface area (Å²) in [5.74, 6) is 1.61. The molecule has 3 aromatic carbocycles. The third-order valence-electron chi connectivity index (χ3n) is 7.20. The zero-order valence-electron chi connectivity index (χ0n) is 23.8. The molecular weight excluding hydrogens is 552 g/mol. The van der Waals surface area contributed by atoms with Crippen molar-refractivity contribution >= 4 is 33.4 Å². The molecular formula is C31H34N6O4S. The van der Waals surface area contributed by atoms with Gasteiger partial charge in [0.05, 0.1) is 17.4 Å². The quantitative estimate of drug-likeness (QED) is 0.258. The Kier molecular flexibility index (Phi) is 8.41. The van der Waals surface area contributed by atoms with E-state index in [0.29, 0.717) is 42.7 Å². The van der Waals surface area contributed by atoms with Gasteiger partial charge in [0, 0.05) is 37.1 Å². The number of hydrogen-bond acceptors (Lipinski definition) is 8. The molecule has 0 saturated carbocycles. The van der Waals surface area contributed by atoms with E-state index in [-0.39, 0.29) is 17.3 Å². The van der Waals surface area contributed by atoms with Gasteiger partial charge in [-0.3, -0.25) is 4.79 Å². The number of hydrogen-bond donors (Lipinski definition) is 4. The van der Waals surface area contributed by atoms with Crippen LogP contribution >= 0.6 is 0 Å². The van der Waals surface area contributed by atoms with Crippen LogP contribution in [0.25, 0.3) is 11.1 Å². The second-order valence-electron chi connectivity index (χ2n) is 10.5. The standard InChI is InChI=1S/C31H34N6O4S/c1-31(2,23-7-4-9-25(17-23)41-3)29(38)33-19-21-11-13-22(14-12-21)27-20-34-30-36-24-8-5-10-26(18-24)42(39,40)35-16-6-15-32-28(27)37-30/h4-5,7-14,17-18,20,35H,6,15-16,19H2,1-3H3,(H,33,38)(H2,32,34,36,37). The second kappa shape index (κ2) is 12.2. The highest BCUT2D eigenvalue weighted by molar-refractivity contribution is 7.89. The van der Waals surface area contributed by atoms with Crippen LogP contribution in [-0.2, 0) is 26.8 Å². The lowest BCUT2D eigenvalue weighted by Crippen LogP contribution is -2.39. The molecule has 0 saturated heterocycles. The normalized spacial score (nSPS) is 14.6. The molecule has 0 spiro atoms. The number of carbonyl (C=O) groups is 1. The molecule has 1 amide bonds. The molecule has 1 aromatic heterocycles. The van der Waals surface area contributed by atoms with Crippen molar-refractivity contribution in [2.24, 2.45) is 0 Å². The van der Waals surface area contributed by atoms with Crippen molar-refractivity contribution in [2.45, 2.75) is 37.1 Å². The Morgan fingerprint density at radius 2 is 1.81 bits per heavy atom. The van der Waals surface area contributed by atoms with E-state index in [1.165, 1.54) is 0 Å². The van der Waals surface area contributed by atoms with Crippen LogP contribution in [0.4, 0.5) is 17.5 Å². The number of methoxy groups -OCH3 is 1. The van der Waals surface area contributed by atoms with E-state index in [1.54, 1.807) is 37.6 Å². The first-order valence-corrected chi connectivity index (χ1v) is 15.1. The zero-order valence-corrected chi connectivity index (χ0v) is 24.6. The summed E-state index contributed by atoms with van der Waals surface area (Å²) in [6, 6.07) is 22.0. The van der Waals surface area contributed by atoms with Gasteiger partial charge in [0.2, 0.25) is 21.9 Å². The topological polar surface area (TPSA) is 134 Å². The van der Waals surface area contributed by atoms with Gasteiger partial charge < -0.3 is 20.7 Å². The molecule has 10 nitrogen and oxygen atoms in total. The van der Waals surface area contributed by atoms with Gasteiger partial charge >= 0.3 is 0 Å². The van der Waals surface area contributed by atoms with Crippen LogP contribution in [0, 0.1) is 0 Å². The highest BCUT2D eigenvalue weighted by Gasteiger charge is 2.30. The van der Waals surface area contributed by atoms with Gasteiger partial charge in [-0.15, -0.1) is 0 Å². The number of amides is 1. The number of anilines is 3. The van der Waals surface area contributed by atoms with Crippen molar-refractivity contribution in [3.63, 3.8) is 0 Å². The van der Waals surface area contributed by atoms with Gasteiger partial charge in [-0.1, -0.05) is 42.5 Å². The number of fused-ring (bicyclic) bond motifs is 4. The van der Waals surface area contributed by atoms with Crippen molar-refractivity contribution in [1.29, 1.82) is 0 Å². The van der Waals surface area contributed by atoms with Crippen molar-refractivity contribution < 1.29 is 17.9 Å². The van der Waals surface area contributed by atoms with Crippen molar-refractivity contribution in [2.75, 3.05) is 30.8 Å². The number of rotatable bonds is 6. The largest absolute Gasteiger partial charge is 0.497 e. The van der Waals surface area contributed by atoms with E-state index in [1.807, 2.05) is 62.4 Å². The highest BCUT2D eigenvalue weighted by Crippen LogP contribution is 2.29. The number of aromatic nitrogens is 2. The summed E-state index contributed by atoms with van der Waals surface area (Å²) in [6.45, 7) is 4.96. The van der Waals surface area contributed by atoms with E-state index in [0.717, 1.165) is 22.3 Å². The summed E-state index contributed by atoms with van der Waals surface area (Å²) in [5, 5.41) is 9.48. The fraction of sp³-hybridized carbons (Fsp3) is 0.258. The van der Waals surface area contributed by atoms with Crippen LogP contribution in [0.3, 0.4) is 0 Å². The summed E-state index contributed by atoms with van der Waals surface area (Å²) in [6.07, 6.45) is 2.31. The van der Waals surface area contributed by atoms with E-state index >= 15 is 0 Å². The van der Waals surface area contributed by atoms with Crippen LogP contribution in [0.15, 0.2) is 83.9 Å². The van der Waals surface area contributed by atoms with E-state index in [2.05, 4.69) is 30.6 Å². The maximum atomic E-state index is 13.1. The molecule has 0 atom stereocenters. The summed E-state index contributed by atoms with van der Waals surface area (Å²) in [5.41, 5.74) is 3.37. The molecule has 1 aliphatic rings. The van der Waals surface area contributed by atoms with Gasteiger partial charge in [-0.05, 0) is 67.3 Å². The molecule has 0 fully saturated rings. The molecule has 4 bridgehead atoms. The minimum Gasteiger partial charge on any atom is -0.497 e. The summed E-state index contributed by atoms with van der Waals surface area (Å²) in [4.78, 5) is 22.4. The molecule has 0 radical (unpaired) electrons. The lowest BCUT2D eigenvalue weighted by Gasteiger charge is -2.24. The number of carbonyl (C=O) groups excluding carboxylic acids is 1. The Bertz CT molecular complexity index is 1690. The Morgan fingerprint density at radius 3 is 2.60 bits per heavy atom. The van der Waals surface area contributed by atoms with Gasteiger partial charge in [-0.2, -0.15) is 4.98 Å². The van der Waals surface area contributed by atoms with E-state index in [4.69, 9.17) is 4.74 Å². The Morgan fingerprint density at radius 1 is 1.02 bits per heavy atom. The third kappa shape index (κ3) is 6.53. The first-order chi connectivity index (χ1) is 20.2. The van der Waals surface area contributed by atoms with Crippen molar-refractivity contribution in [1.82, 2.24) is 20.0 Å². The van der Waals surface area contributed by atoms with Crippen LogP contribution in [0.2, 0.25) is 0 Å². The monoisotopic (exact) mass is 586 g/mol. The Labute approximate surface area is 246 Å². The molecule has 2 heterocycles. The first kappa shape index (κ1) is 29.0. The fourth-order valence-electron chi connectivity index (χ4n) is 4.59. The van der Waals surface area contributed by atoms with E-state index < -0.39 is 15.4 Å². The Balaban J connectivity index is 1.31. The van der Waals surface area contributed by atoms with Crippen LogP contribution in [0.5, 0.6) is 5.75 Å². The molecule has 11 heteroatoms. The number of ether oxygens (including phenoxy) is 1. The average Bonchev–Trinajstić information content (AvgIpc) is 3.00. The molecule has 4 N–H and O–H groups in total. The van der Waals surface area contributed by atoms with Crippen LogP contribution in [-0.4, -0.2) is 44.5 Å². The van der Waals surface area contributed by atoms with Gasteiger partial charge in [0.1, 0.15) is 11.6 Å². The number of nitrogens with zero attached hydrogens (tertiary/aromatic N) is 2. The van der Waals surface area contributed by atoms with Crippen molar-refractivity contribution in [3.05, 3.63) is 90.1 Å². The second-order valence-corrected chi connectivity index (χ2v) is 12.3. The molecule has 218 valence electrons. The fourth-order valence-corrected chi connectivity index (χ4v) is 5.71. The predicted molar refractivity (Wildman–Crippen MR) is 163 cm³/mol. The molecule has 4 aromatic rings. The third-order valence-corrected chi connectivity index (χ3v) is 8.66. The summed E-state index contributed by atoms with van der Waals surface area (Å²) >= 11 is 0. The molecule has 5 rings (SSSR count). The molecule has 0 aliphatic carbocycles. The molecule has 0 unspecified atom stereocenters. The van der Waals surface area contributed by atoms with Gasteiger partial charge in [0.25, 0.3) is 0 Å². The summed E-state index contributed by atoms with van der Waals surface area (Å²) in [7, 11) is -2.01. The lowest BCUT2D eigenvalue weighted by atomic mass is 9.83. The average molecular weight is 587 g/mol. The SMILES string of the molecule is COc1cccc(C(C)(C)C(=O)NCc2ccc(-c3cnc4nc3NCCCNS(=O)(=O)c3cccc(c3)N4)cc2)c1. The smallest absolute Gasteiger partial charge is 0.240 e. The Hall–Kier alpha value is -4.48. The van der Waals surface area contributed by atoms with Crippen LogP contribution < -0.4 is 25.4 Å². The molecule has 1 aliphatic heterocycles. The number of benzene rings is 3. The minimum absolute atomic E-state index is 0.0837. The minimum atomic E-state index is -3.62. The summed E-state index contributed by atoms with van der Waals surface area (Å²) < 4.78 is 33.2. The van der Waals surface area contributed by atoms with E-state index in [9.17, 15) is 13.2 Å². The maximum absolute atomic E-state index is 13.1. The first-order valence-electron chi connectivity index (χ1n) is 13.7. The van der Waals surface area contributed by atoms with Gasteiger partial charge in [-0.25, -0.2) is 18.1 Å². The lowest BCUT2D eigenvalue weighted by molar-refractivity contribution is -0.125. The van der Waals surface area contributed by atoms with Crippen LogP contribution in [0.1, 0.15) is 31.4 Å².